The third kappa shape index (κ3) is 4.68. The van der Waals surface area contributed by atoms with Gasteiger partial charge in [-0.15, -0.1) is 0 Å². The molecule has 30 heavy (non-hydrogen) atoms. The first-order valence-electron chi connectivity index (χ1n) is 9.22. The van der Waals surface area contributed by atoms with Crippen LogP contribution in [0.5, 0.6) is 0 Å². The van der Waals surface area contributed by atoms with Crippen molar-refractivity contribution in [2.75, 3.05) is 19.5 Å². The summed E-state index contributed by atoms with van der Waals surface area (Å²) in [6, 6.07) is 15.2. The zero-order chi connectivity index (χ0) is 21.8. The van der Waals surface area contributed by atoms with Crippen molar-refractivity contribution in [3.05, 3.63) is 86.0 Å². The highest BCUT2D eigenvalue weighted by Gasteiger charge is 2.41. The Kier molecular flexibility index (Phi) is 7.15. The van der Waals surface area contributed by atoms with Gasteiger partial charge in [0.15, 0.2) is 0 Å². The standard InChI is InChI=1S/C23H21Br2NO4/c1-13-12-18(26-17-10-8-16(25)9-11-17)21(23(28)30-3)20(19(13)22(27)29-2)14-4-6-15(24)7-5-14/h4-12,19-20,26H,1-3H3. The van der Waals surface area contributed by atoms with Crippen LogP contribution < -0.4 is 5.32 Å². The summed E-state index contributed by atoms with van der Waals surface area (Å²) in [7, 11) is 2.69. The van der Waals surface area contributed by atoms with Crippen molar-refractivity contribution in [1.29, 1.82) is 0 Å². The van der Waals surface area contributed by atoms with E-state index < -0.39 is 23.8 Å². The summed E-state index contributed by atoms with van der Waals surface area (Å²) in [5, 5.41) is 3.31. The number of carbonyl (C=O) groups is 2. The van der Waals surface area contributed by atoms with E-state index in [9.17, 15) is 9.59 Å². The zero-order valence-corrected chi connectivity index (χ0v) is 19.9. The summed E-state index contributed by atoms with van der Waals surface area (Å²) < 4.78 is 12.0. The fraction of sp³-hybridized carbons (Fsp3) is 0.217. The Hall–Kier alpha value is -2.38. The van der Waals surface area contributed by atoms with Crippen LogP contribution in [0, 0.1) is 5.92 Å². The molecule has 0 aromatic heterocycles. The number of rotatable bonds is 5. The number of ether oxygens (including phenoxy) is 2. The fourth-order valence-electron chi connectivity index (χ4n) is 3.61. The minimum atomic E-state index is -0.638. The first-order chi connectivity index (χ1) is 14.3. The number of carbonyl (C=O) groups excluding carboxylic acids is 2. The lowest BCUT2D eigenvalue weighted by molar-refractivity contribution is -0.144. The molecule has 7 heteroatoms. The Labute approximate surface area is 192 Å². The molecule has 3 rings (SSSR count). The maximum atomic E-state index is 12.9. The van der Waals surface area contributed by atoms with Crippen molar-refractivity contribution in [2.24, 2.45) is 5.92 Å². The SMILES string of the molecule is COC(=O)C1=C(Nc2ccc(Br)cc2)C=C(C)C(C(=O)OC)C1c1ccc(Br)cc1. The number of hydrogen-bond acceptors (Lipinski definition) is 5. The van der Waals surface area contributed by atoms with Crippen LogP contribution in [0.25, 0.3) is 0 Å². The highest BCUT2D eigenvalue weighted by atomic mass is 79.9. The second kappa shape index (κ2) is 9.62. The number of methoxy groups -OCH3 is 2. The average molecular weight is 535 g/mol. The van der Waals surface area contributed by atoms with Gasteiger partial charge in [0, 0.05) is 26.2 Å². The number of anilines is 1. The fourth-order valence-corrected chi connectivity index (χ4v) is 4.14. The van der Waals surface area contributed by atoms with Gasteiger partial charge in [0.05, 0.1) is 25.7 Å². The minimum absolute atomic E-state index is 0.378. The highest BCUT2D eigenvalue weighted by molar-refractivity contribution is 9.10. The number of nitrogens with one attached hydrogen (secondary N) is 1. The second-order valence-electron chi connectivity index (χ2n) is 6.87. The Bertz CT molecular complexity index is 1010. The van der Waals surface area contributed by atoms with Gasteiger partial charge in [-0.1, -0.05) is 49.6 Å². The molecule has 1 N–H and O–H groups in total. The molecule has 2 atom stereocenters. The van der Waals surface area contributed by atoms with Crippen LogP contribution in [0.1, 0.15) is 18.4 Å². The van der Waals surface area contributed by atoms with Crippen molar-refractivity contribution < 1.29 is 19.1 Å². The van der Waals surface area contributed by atoms with Crippen molar-refractivity contribution in [2.45, 2.75) is 12.8 Å². The predicted molar refractivity (Wildman–Crippen MR) is 123 cm³/mol. The summed E-state index contributed by atoms with van der Waals surface area (Å²) >= 11 is 6.86. The van der Waals surface area contributed by atoms with E-state index in [1.165, 1.54) is 14.2 Å². The van der Waals surface area contributed by atoms with Gasteiger partial charge in [0.1, 0.15) is 0 Å². The number of halogens is 2. The Morgan fingerprint density at radius 3 is 2.00 bits per heavy atom. The molecule has 0 bridgehead atoms. The smallest absolute Gasteiger partial charge is 0.336 e. The molecular weight excluding hydrogens is 514 g/mol. The minimum Gasteiger partial charge on any atom is -0.469 e. The maximum Gasteiger partial charge on any atom is 0.336 e. The van der Waals surface area contributed by atoms with Crippen LogP contribution in [0.3, 0.4) is 0 Å². The topological polar surface area (TPSA) is 64.6 Å². The Balaban J connectivity index is 2.19. The quantitative estimate of drug-likeness (QED) is 0.507. The normalized spacial score (nSPS) is 18.5. The summed E-state index contributed by atoms with van der Waals surface area (Å²) in [6.07, 6.45) is 1.81. The van der Waals surface area contributed by atoms with E-state index in [0.29, 0.717) is 11.3 Å². The first-order valence-corrected chi connectivity index (χ1v) is 10.8. The van der Waals surface area contributed by atoms with E-state index in [-0.39, 0.29) is 0 Å². The van der Waals surface area contributed by atoms with Gasteiger partial charge in [0.25, 0.3) is 0 Å². The summed E-state index contributed by atoms with van der Waals surface area (Å²) in [5.41, 5.74) is 3.39. The van der Waals surface area contributed by atoms with Crippen molar-refractivity contribution in [3.63, 3.8) is 0 Å². The molecule has 0 radical (unpaired) electrons. The number of benzene rings is 2. The van der Waals surface area contributed by atoms with E-state index in [1.807, 2.05) is 61.5 Å². The molecule has 0 saturated carbocycles. The number of hydrogen-bond donors (Lipinski definition) is 1. The molecular formula is C23H21Br2NO4. The molecule has 0 amide bonds. The third-order valence-corrected chi connectivity index (χ3v) is 6.07. The molecule has 2 aromatic carbocycles. The van der Waals surface area contributed by atoms with E-state index in [4.69, 9.17) is 9.47 Å². The molecule has 0 spiro atoms. The van der Waals surface area contributed by atoms with Gasteiger partial charge < -0.3 is 14.8 Å². The van der Waals surface area contributed by atoms with Crippen LogP contribution >= 0.6 is 31.9 Å². The molecule has 5 nitrogen and oxygen atoms in total. The van der Waals surface area contributed by atoms with Crippen LogP contribution in [-0.4, -0.2) is 26.2 Å². The second-order valence-corrected chi connectivity index (χ2v) is 8.70. The van der Waals surface area contributed by atoms with Crippen LogP contribution in [0.2, 0.25) is 0 Å². The summed E-state index contributed by atoms with van der Waals surface area (Å²) in [4.78, 5) is 25.6. The van der Waals surface area contributed by atoms with E-state index in [0.717, 1.165) is 25.8 Å². The molecule has 1 aliphatic carbocycles. The van der Waals surface area contributed by atoms with Gasteiger partial charge in [0.2, 0.25) is 0 Å². The molecule has 1 aliphatic rings. The number of esters is 2. The van der Waals surface area contributed by atoms with Crippen molar-refractivity contribution in [1.82, 2.24) is 0 Å². The van der Waals surface area contributed by atoms with Gasteiger partial charge in [-0.25, -0.2) is 4.79 Å². The molecule has 0 heterocycles. The Morgan fingerprint density at radius 2 is 1.47 bits per heavy atom. The molecule has 0 fully saturated rings. The van der Waals surface area contributed by atoms with Crippen LogP contribution in [0.15, 0.2) is 80.4 Å². The average Bonchev–Trinajstić information content (AvgIpc) is 2.74. The first kappa shape index (κ1) is 22.3. The zero-order valence-electron chi connectivity index (χ0n) is 16.7. The van der Waals surface area contributed by atoms with Gasteiger partial charge in [-0.3, -0.25) is 4.79 Å². The van der Waals surface area contributed by atoms with Crippen LogP contribution in [-0.2, 0) is 19.1 Å². The van der Waals surface area contributed by atoms with E-state index in [2.05, 4.69) is 37.2 Å². The lowest BCUT2D eigenvalue weighted by atomic mass is 9.73. The van der Waals surface area contributed by atoms with E-state index in [1.54, 1.807) is 0 Å². The lowest BCUT2D eigenvalue weighted by Crippen LogP contribution is -2.33. The predicted octanol–water partition coefficient (Wildman–Crippen LogP) is 5.58. The molecule has 0 saturated heterocycles. The highest BCUT2D eigenvalue weighted by Crippen LogP contribution is 2.43. The molecule has 2 unspecified atom stereocenters. The lowest BCUT2D eigenvalue weighted by Gasteiger charge is -2.33. The largest absolute Gasteiger partial charge is 0.469 e. The molecule has 156 valence electrons. The van der Waals surface area contributed by atoms with Gasteiger partial charge in [-0.05, 0) is 55.0 Å². The third-order valence-electron chi connectivity index (χ3n) is 5.01. The van der Waals surface area contributed by atoms with Crippen LogP contribution in [0.4, 0.5) is 5.69 Å². The van der Waals surface area contributed by atoms with Crippen molar-refractivity contribution >= 4 is 49.5 Å². The monoisotopic (exact) mass is 533 g/mol. The summed E-state index contributed by atoms with van der Waals surface area (Å²) in [5.74, 6) is -2.09. The molecule has 2 aromatic rings. The number of allylic oxidation sites excluding steroid dienone is 1. The Morgan fingerprint density at radius 1 is 0.900 bits per heavy atom. The summed E-state index contributed by atoms with van der Waals surface area (Å²) in [6.45, 7) is 1.87. The van der Waals surface area contributed by atoms with Crippen molar-refractivity contribution in [3.8, 4) is 0 Å². The van der Waals surface area contributed by atoms with Gasteiger partial charge >= 0.3 is 11.9 Å². The van der Waals surface area contributed by atoms with Gasteiger partial charge in [-0.2, -0.15) is 0 Å². The van der Waals surface area contributed by atoms with E-state index >= 15 is 0 Å². The molecule has 0 aliphatic heterocycles. The maximum absolute atomic E-state index is 12.9.